The van der Waals surface area contributed by atoms with Crippen molar-refractivity contribution in [1.29, 1.82) is 0 Å². The Kier molecular flexibility index (Phi) is 8.98. The number of aromatic nitrogens is 1. The maximum atomic E-state index is 13.5. The van der Waals surface area contributed by atoms with E-state index in [0.717, 1.165) is 25.8 Å². The lowest BCUT2D eigenvalue weighted by Gasteiger charge is -2.12. The van der Waals surface area contributed by atoms with Gasteiger partial charge in [-0.3, -0.25) is 14.4 Å². The number of rotatable bonds is 9. The molecule has 0 saturated carbocycles. The quantitative estimate of drug-likeness (QED) is 0.104. The fourth-order valence-electron chi connectivity index (χ4n) is 4.05. The van der Waals surface area contributed by atoms with Crippen molar-refractivity contribution < 1.29 is 14.4 Å². The van der Waals surface area contributed by atoms with Crippen molar-refractivity contribution in [2.45, 2.75) is 4.90 Å². The van der Waals surface area contributed by atoms with Crippen molar-refractivity contribution in [2.24, 2.45) is 0 Å². The van der Waals surface area contributed by atoms with Gasteiger partial charge in [-0.05, 0) is 66.7 Å². The first-order chi connectivity index (χ1) is 19.9. The van der Waals surface area contributed by atoms with Crippen molar-refractivity contribution in [1.82, 2.24) is 10.3 Å². The molecular weight excluding hydrogens is 600 g/mol. The average Bonchev–Trinajstić information content (AvgIpc) is 3.40. The summed E-state index contributed by atoms with van der Waals surface area (Å²) in [5.41, 5.74) is 3.46. The van der Waals surface area contributed by atoms with Gasteiger partial charge in [0.15, 0.2) is 0 Å². The third kappa shape index (κ3) is 7.53. The van der Waals surface area contributed by atoms with Gasteiger partial charge < -0.3 is 20.9 Å². The van der Waals surface area contributed by atoms with E-state index in [1.165, 1.54) is 11.8 Å². The summed E-state index contributed by atoms with van der Waals surface area (Å²) in [4.78, 5) is 42.9. The lowest BCUT2D eigenvalue weighted by molar-refractivity contribution is -0.114. The molecule has 0 aliphatic heterocycles. The third-order valence-electron chi connectivity index (χ3n) is 6.04. The lowest BCUT2D eigenvalue weighted by Crippen LogP contribution is -2.30. The number of amides is 3. The topological polar surface area (TPSA) is 103 Å². The molecule has 5 aromatic rings. The van der Waals surface area contributed by atoms with Gasteiger partial charge >= 0.3 is 0 Å². The van der Waals surface area contributed by atoms with Crippen molar-refractivity contribution in [3.63, 3.8) is 0 Å². The van der Waals surface area contributed by atoms with Crippen LogP contribution in [-0.2, 0) is 9.59 Å². The first kappa shape index (κ1) is 27.9. The Balaban J connectivity index is 1.30. The molecule has 5 rings (SSSR count). The van der Waals surface area contributed by atoms with E-state index in [4.69, 9.17) is 0 Å². The van der Waals surface area contributed by atoms with E-state index in [1.54, 1.807) is 54.7 Å². The number of carbonyl (C=O) groups is 3. The van der Waals surface area contributed by atoms with E-state index in [2.05, 4.69) is 36.9 Å². The minimum absolute atomic E-state index is 0.0931. The summed E-state index contributed by atoms with van der Waals surface area (Å²) >= 11 is 4.73. The molecule has 41 heavy (non-hydrogen) atoms. The number of hydrogen-bond donors (Lipinski definition) is 4. The first-order valence-electron chi connectivity index (χ1n) is 12.7. The highest BCUT2D eigenvalue weighted by atomic mass is 79.9. The van der Waals surface area contributed by atoms with Gasteiger partial charge in [-0.15, -0.1) is 11.8 Å². The van der Waals surface area contributed by atoms with E-state index in [-0.39, 0.29) is 17.4 Å². The summed E-state index contributed by atoms with van der Waals surface area (Å²) in [6, 6.07) is 31.0. The predicted molar refractivity (Wildman–Crippen MR) is 169 cm³/mol. The van der Waals surface area contributed by atoms with Gasteiger partial charge in [0.1, 0.15) is 5.70 Å². The fraction of sp³-hybridized carbons (Fsp3) is 0.0312. The van der Waals surface area contributed by atoms with Crippen LogP contribution in [0.3, 0.4) is 0 Å². The monoisotopic (exact) mass is 624 g/mol. The van der Waals surface area contributed by atoms with Crippen LogP contribution in [0.1, 0.15) is 15.9 Å². The maximum absolute atomic E-state index is 13.5. The van der Waals surface area contributed by atoms with E-state index in [0.29, 0.717) is 16.9 Å². The van der Waals surface area contributed by atoms with E-state index in [9.17, 15) is 14.4 Å². The molecule has 0 aliphatic carbocycles. The summed E-state index contributed by atoms with van der Waals surface area (Å²) in [6.07, 6.45) is 3.45. The highest BCUT2D eigenvalue weighted by molar-refractivity contribution is 9.10. The summed E-state index contributed by atoms with van der Waals surface area (Å²) in [6.45, 7) is 0. The summed E-state index contributed by atoms with van der Waals surface area (Å²) in [5, 5.41) is 9.44. The largest absolute Gasteiger partial charge is 0.361 e. The molecule has 4 aromatic carbocycles. The molecule has 0 bridgehead atoms. The minimum Gasteiger partial charge on any atom is -0.361 e. The molecule has 0 spiro atoms. The Morgan fingerprint density at radius 2 is 1.56 bits per heavy atom. The van der Waals surface area contributed by atoms with Crippen LogP contribution in [0.15, 0.2) is 124 Å². The van der Waals surface area contributed by atoms with Crippen LogP contribution in [0.5, 0.6) is 0 Å². The Bertz CT molecular complexity index is 1730. The lowest BCUT2D eigenvalue weighted by atomic mass is 10.1. The highest BCUT2D eigenvalue weighted by Crippen LogP contribution is 2.24. The third-order valence-corrected chi connectivity index (χ3v) is 7.56. The number of carbonyl (C=O) groups excluding carboxylic acids is 3. The van der Waals surface area contributed by atoms with Crippen molar-refractivity contribution in [3.05, 3.63) is 131 Å². The number of halogens is 1. The fourth-order valence-corrected chi connectivity index (χ4v) is 5.07. The molecule has 9 heteroatoms. The molecule has 204 valence electrons. The van der Waals surface area contributed by atoms with Gasteiger partial charge in [-0.25, -0.2) is 0 Å². The van der Waals surface area contributed by atoms with Gasteiger partial charge in [0.05, 0.1) is 5.75 Å². The second-order valence-electron chi connectivity index (χ2n) is 8.99. The van der Waals surface area contributed by atoms with Gasteiger partial charge in [0, 0.05) is 49.0 Å². The molecular formula is C32H25BrN4O3S. The second kappa shape index (κ2) is 13.2. The SMILES string of the molecule is O=C(CSc1cccc(NC(=O)/C(=C/c2c[nH]c3ccccc23)NC(=O)c2ccccc2)c1)Nc1ccc(Br)cc1. The first-order valence-corrected chi connectivity index (χ1v) is 14.5. The number of para-hydroxylation sites is 1. The van der Waals surface area contributed by atoms with Crippen LogP contribution in [0, 0.1) is 0 Å². The van der Waals surface area contributed by atoms with Crippen molar-refractivity contribution >= 4 is 73.8 Å². The smallest absolute Gasteiger partial charge is 0.272 e. The number of benzene rings is 4. The van der Waals surface area contributed by atoms with E-state index >= 15 is 0 Å². The number of fused-ring (bicyclic) bond motifs is 1. The number of anilines is 2. The molecule has 4 N–H and O–H groups in total. The summed E-state index contributed by atoms with van der Waals surface area (Å²) < 4.78 is 0.933. The Hall–Kier alpha value is -4.60. The number of thioether (sulfide) groups is 1. The molecule has 0 atom stereocenters. The highest BCUT2D eigenvalue weighted by Gasteiger charge is 2.16. The van der Waals surface area contributed by atoms with Gasteiger partial charge in [0.2, 0.25) is 5.91 Å². The number of H-pyrrole nitrogens is 1. The Morgan fingerprint density at radius 1 is 0.805 bits per heavy atom. The molecule has 7 nitrogen and oxygen atoms in total. The zero-order valence-corrected chi connectivity index (χ0v) is 24.1. The average molecular weight is 626 g/mol. The summed E-state index contributed by atoms with van der Waals surface area (Å²) in [7, 11) is 0. The molecule has 1 heterocycles. The zero-order chi connectivity index (χ0) is 28.6. The second-order valence-corrected chi connectivity index (χ2v) is 11.0. The molecule has 0 saturated heterocycles. The molecule has 0 aliphatic rings. The maximum Gasteiger partial charge on any atom is 0.272 e. The minimum atomic E-state index is -0.477. The van der Waals surface area contributed by atoms with Gasteiger partial charge in [-0.1, -0.05) is 58.4 Å². The zero-order valence-electron chi connectivity index (χ0n) is 21.7. The Morgan fingerprint density at radius 3 is 2.37 bits per heavy atom. The van der Waals surface area contributed by atoms with Crippen molar-refractivity contribution in [2.75, 3.05) is 16.4 Å². The predicted octanol–water partition coefficient (Wildman–Crippen LogP) is 7.07. The van der Waals surface area contributed by atoms with Crippen LogP contribution in [-0.4, -0.2) is 28.5 Å². The number of hydrogen-bond acceptors (Lipinski definition) is 4. The van der Waals surface area contributed by atoms with E-state index in [1.807, 2.05) is 60.7 Å². The molecule has 0 fully saturated rings. The number of aromatic amines is 1. The van der Waals surface area contributed by atoms with Crippen LogP contribution < -0.4 is 16.0 Å². The molecule has 0 radical (unpaired) electrons. The standard InChI is InChI=1S/C32H25BrN4O3S/c33-23-13-15-24(16-14-23)35-30(38)20-41-26-10-6-9-25(18-26)36-32(40)29(37-31(39)21-7-2-1-3-8-21)17-22-19-34-28-12-5-4-11-27(22)28/h1-19,34H,20H2,(H,35,38)(H,36,40)(H,37,39)/b29-17-. The van der Waals surface area contributed by atoms with Crippen LogP contribution >= 0.6 is 27.7 Å². The van der Waals surface area contributed by atoms with Gasteiger partial charge in [-0.2, -0.15) is 0 Å². The van der Waals surface area contributed by atoms with Crippen LogP contribution in [0.4, 0.5) is 11.4 Å². The molecule has 3 amide bonds. The number of nitrogens with one attached hydrogen (secondary N) is 4. The van der Waals surface area contributed by atoms with Crippen LogP contribution in [0.25, 0.3) is 17.0 Å². The van der Waals surface area contributed by atoms with Crippen molar-refractivity contribution in [3.8, 4) is 0 Å². The molecule has 0 unspecified atom stereocenters. The van der Waals surface area contributed by atoms with E-state index < -0.39 is 11.8 Å². The molecule has 1 aromatic heterocycles. The normalized spacial score (nSPS) is 11.2. The van der Waals surface area contributed by atoms with Crippen LogP contribution in [0.2, 0.25) is 0 Å². The van der Waals surface area contributed by atoms with Gasteiger partial charge in [0.25, 0.3) is 11.8 Å². The Labute approximate surface area is 249 Å². The summed E-state index contributed by atoms with van der Waals surface area (Å²) in [5.74, 6) is -0.811.